The Labute approximate surface area is 127 Å². The average molecular weight is 315 g/mol. The number of carbonyl (C=O) groups is 1. The van der Waals surface area contributed by atoms with Crippen molar-refractivity contribution in [3.8, 4) is 0 Å². The molecule has 0 aliphatic carbocycles. The van der Waals surface area contributed by atoms with Crippen LogP contribution in [-0.2, 0) is 4.79 Å². The molecule has 0 saturated carbocycles. The van der Waals surface area contributed by atoms with Gasteiger partial charge in [0, 0.05) is 18.8 Å². The Morgan fingerprint density at radius 3 is 2.68 bits per heavy atom. The fourth-order valence-corrected chi connectivity index (χ4v) is 2.54. The molecule has 1 saturated heterocycles. The summed E-state index contributed by atoms with van der Waals surface area (Å²) in [6.07, 6.45) is -3.47. The van der Waals surface area contributed by atoms with Crippen LogP contribution in [0.4, 0.5) is 18.9 Å². The van der Waals surface area contributed by atoms with E-state index < -0.39 is 12.7 Å². The Balaban J connectivity index is 1.63. The van der Waals surface area contributed by atoms with E-state index in [9.17, 15) is 18.0 Å². The second-order valence-electron chi connectivity index (χ2n) is 5.53. The molecular weight excluding hydrogens is 295 g/mol. The quantitative estimate of drug-likeness (QED) is 0.845. The van der Waals surface area contributed by atoms with Gasteiger partial charge in [-0.25, -0.2) is 0 Å². The minimum atomic E-state index is -4.16. The number of amides is 1. The molecule has 1 atom stereocenters. The first-order valence-electron chi connectivity index (χ1n) is 7.27. The SMILES string of the molecule is O=C(CNc1ccccc1)NCC1CCN(CC(F)(F)F)C1. The van der Waals surface area contributed by atoms with E-state index in [1.807, 2.05) is 30.3 Å². The second-order valence-corrected chi connectivity index (χ2v) is 5.53. The van der Waals surface area contributed by atoms with Gasteiger partial charge in [-0.1, -0.05) is 18.2 Å². The number of nitrogens with one attached hydrogen (secondary N) is 2. The van der Waals surface area contributed by atoms with Crippen LogP contribution in [0.2, 0.25) is 0 Å². The fraction of sp³-hybridized carbons (Fsp3) is 0.533. The molecule has 1 amide bonds. The summed E-state index contributed by atoms with van der Waals surface area (Å²) >= 11 is 0. The van der Waals surface area contributed by atoms with E-state index in [4.69, 9.17) is 0 Å². The zero-order valence-corrected chi connectivity index (χ0v) is 12.2. The topological polar surface area (TPSA) is 44.4 Å². The zero-order valence-electron chi connectivity index (χ0n) is 12.2. The van der Waals surface area contributed by atoms with Gasteiger partial charge >= 0.3 is 6.18 Å². The summed E-state index contributed by atoms with van der Waals surface area (Å²) in [5, 5.41) is 5.76. The van der Waals surface area contributed by atoms with Gasteiger partial charge in [-0.15, -0.1) is 0 Å². The number of hydrogen-bond donors (Lipinski definition) is 2. The lowest BCUT2D eigenvalue weighted by Gasteiger charge is -2.18. The average Bonchev–Trinajstić information content (AvgIpc) is 2.89. The van der Waals surface area contributed by atoms with Gasteiger partial charge in [-0.05, 0) is 31.0 Å². The van der Waals surface area contributed by atoms with E-state index in [0.717, 1.165) is 5.69 Å². The Bertz CT molecular complexity index is 479. The van der Waals surface area contributed by atoms with E-state index in [2.05, 4.69) is 10.6 Å². The van der Waals surface area contributed by atoms with Gasteiger partial charge in [0.1, 0.15) is 0 Å². The van der Waals surface area contributed by atoms with Crippen LogP contribution < -0.4 is 10.6 Å². The van der Waals surface area contributed by atoms with Crippen molar-refractivity contribution in [2.75, 3.05) is 38.0 Å². The molecule has 0 radical (unpaired) electrons. The largest absolute Gasteiger partial charge is 0.401 e. The number of nitrogens with zero attached hydrogens (tertiary/aromatic N) is 1. The molecule has 4 nitrogen and oxygen atoms in total. The lowest BCUT2D eigenvalue weighted by molar-refractivity contribution is -0.143. The van der Waals surface area contributed by atoms with Gasteiger partial charge < -0.3 is 10.6 Å². The first kappa shape index (κ1) is 16.6. The van der Waals surface area contributed by atoms with Gasteiger partial charge in [0.25, 0.3) is 0 Å². The van der Waals surface area contributed by atoms with Gasteiger partial charge in [-0.2, -0.15) is 13.2 Å². The minimum absolute atomic E-state index is 0.0861. The van der Waals surface area contributed by atoms with E-state index >= 15 is 0 Å². The van der Waals surface area contributed by atoms with Crippen LogP contribution in [-0.4, -0.2) is 49.7 Å². The predicted molar refractivity (Wildman–Crippen MR) is 78.5 cm³/mol. The van der Waals surface area contributed by atoms with Crippen LogP contribution in [0.15, 0.2) is 30.3 Å². The number of carbonyl (C=O) groups excluding carboxylic acids is 1. The number of alkyl halides is 3. The predicted octanol–water partition coefficient (Wildman–Crippen LogP) is 2.10. The van der Waals surface area contributed by atoms with E-state index in [-0.39, 0.29) is 18.4 Å². The Morgan fingerprint density at radius 2 is 2.00 bits per heavy atom. The lowest BCUT2D eigenvalue weighted by atomic mass is 10.1. The number of likely N-dealkylation sites (tertiary alicyclic amines) is 1. The minimum Gasteiger partial charge on any atom is -0.376 e. The van der Waals surface area contributed by atoms with Crippen LogP contribution >= 0.6 is 0 Å². The second kappa shape index (κ2) is 7.49. The van der Waals surface area contributed by atoms with Crippen LogP contribution in [0.1, 0.15) is 6.42 Å². The van der Waals surface area contributed by atoms with Crippen LogP contribution in [0.3, 0.4) is 0 Å². The third-order valence-electron chi connectivity index (χ3n) is 3.59. The first-order chi connectivity index (χ1) is 10.4. The third-order valence-corrected chi connectivity index (χ3v) is 3.59. The highest BCUT2D eigenvalue weighted by Crippen LogP contribution is 2.22. The Hall–Kier alpha value is -1.76. The molecule has 1 aliphatic heterocycles. The standard InChI is InChI=1S/C15H20F3N3O/c16-15(17,18)11-21-7-6-12(10-21)8-20-14(22)9-19-13-4-2-1-3-5-13/h1-5,12,19H,6-11H2,(H,20,22). The smallest absolute Gasteiger partial charge is 0.376 e. The summed E-state index contributed by atoms with van der Waals surface area (Å²) in [6, 6.07) is 9.35. The molecule has 2 rings (SSSR count). The van der Waals surface area contributed by atoms with Crippen LogP contribution in [0.5, 0.6) is 0 Å². The van der Waals surface area contributed by atoms with Crippen molar-refractivity contribution in [3.05, 3.63) is 30.3 Å². The van der Waals surface area contributed by atoms with E-state index in [1.165, 1.54) is 4.90 Å². The Kier molecular flexibility index (Phi) is 5.65. The summed E-state index contributed by atoms with van der Waals surface area (Å²) in [6.45, 7) is 0.522. The molecule has 1 unspecified atom stereocenters. The van der Waals surface area contributed by atoms with Crippen molar-refractivity contribution in [2.45, 2.75) is 12.6 Å². The Morgan fingerprint density at radius 1 is 1.27 bits per heavy atom. The van der Waals surface area contributed by atoms with Crippen molar-refractivity contribution in [1.29, 1.82) is 0 Å². The number of anilines is 1. The van der Waals surface area contributed by atoms with Crippen molar-refractivity contribution in [1.82, 2.24) is 10.2 Å². The van der Waals surface area contributed by atoms with Gasteiger partial charge in [-0.3, -0.25) is 9.69 Å². The number of rotatable bonds is 6. The highest BCUT2D eigenvalue weighted by atomic mass is 19.4. The lowest BCUT2D eigenvalue weighted by Crippen LogP contribution is -2.36. The summed E-state index contributed by atoms with van der Waals surface area (Å²) in [7, 11) is 0. The molecule has 0 aromatic heterocycles. The number of benzene rings is 1. The maximum Gasteiger partial charge on any atom is 0.401 e. The monoisotopic (exact) mass is 315 g/mol. The molecule has 1 aromatic rings. The van der Waals surface area contributed by atoms with Crippen molar-refractivity contribution in [2.24, 2.45) is 5.92 Å². The highest BCUT2D eigenvalue weighted by Gasteiger charge is 2.34. The van der Waals surface area contributed by atoms with Crippen LogP contribution in [0, 0.1) is 5.92 Å². The van der Waals surface area contributed by atoms with Gasteiger partial charge in [0.15, 0.2) is 0 Å². The summed E-state index contributed by atoms with van der Waals surface area (Å²) in [4.78, 5) is 13.1. The molecule has 1 aliphatic rings. The molecular formula is C15H20F3N3O. The fourth-order valence-electron chi connectivity index (χ4n) is 2.54. The molecule has 1 heterocycles. The molecule has 122 valence electrons. The number of halogens is 3. The van der Waals surface area contributed by atoms with Crippen molar-refractivity contribution < 1.29 is 18.0 Å². The summed E-state index contributed by atoms with van der Waals surface area (Å²) in [5.41, 5.74) is 0.856. The maximum absolute atomic E-state index is 12.3. The van der Waals surface area contributed by atoms with E-state index in [0.29, 0.717) is 26.1 Å². The zero-order chi connectivity index (χ0) is 16.0. The normalized spacial score (nSPS) is 19.1. The van der Waals surface area contributed by atoms with E-state index in [1.54, 1.807) is 0 Å². The summed E-state index contributed by atoms with van der Waals surface area (Å²) in [5.74, 6) is -0.0684. The van der Waals surface area contributed by atoms with Crippen LogP contribution in [0.25, 0.3) is 0 Å². The molecule has 0 spiro atoms. The third kappa shape index (κ3) is 5.93. The molecule has 7 heteroatoms. The first-order valence-corrected chi connectivity index (χ1v) is 7.27. The van der Waals surface area contributed by atoms with Crippen molar-refractivity contribution >= 4 is 11.6 Å². The maximum atomic E-state index is 12.3. The highest BCUT2D eigenvalue weighted by molar-refractivity contribution is 5.80. The number of hydrogen-bond acceptors (Lipinski definition) is 3. The summed E-state index contributed by atoms with van der Waals surface area (Å²) < 4.78 is 36.9. The van der Waals surface area contributed by atoms with Gasteiger partial charge in [0.05, 0.1) is 13.1 Å². The molecule has 0 bridgehead atoms. The van der Waals surface area contributed by atoms with Crippen molar-refractivity contribution in [3.63, 3.8) is 0 Å². The van der Waals surface area contributed by atoms with Gasteiger partial charge in [0.2, 0.25) is 5.91 Å². The molecule has 2 N–H and O–H groups in total. The molecule has 22 heavy (non-hydrogen) atoms. The molecule has 1 aromatic carbocycles. The molecule has 1 fully saturated rings. The number of para-hydroxylation sites is 1.